The highest BCUT2D eigenvalue weighted by Crippen LogP contribution is 2.16. The number of rotatable bonds is 5. The van der Waals surface area contributed by atoms with E-state index in [2.05, 4.69) is 17.5 Å². The van der Waals surface area contributed by atoms with Crippen LogP contribution in [0.15, 0.2) is 41.8 Å². The molecule has 3 heteroatoms. The van der Waals surface area contributed by atoms with Crippen LogP contribution in [-0.2, 0) is 12.3 Å². The van der Waals surface area contributed by atoms with Gasteiger partial charge in [-0.3, -0.25) is 0 Å². The van der Waals surface area contributed by atoms with Crippen molar-refractivity contribution >= 4 is 22.9 Å². The minimum Gasteiger partial charge on any atom is -0.493 e. The Kier molecular flexibility index (Phi) is 4.25. The summed E-state index contributed by atoms with van der Waals surface area (Å²) in [7, 11) is 0. The quantitative estimate of drug-likeness (QED) is 0.728. The van der Waals surface area contributed by atoms with Gasteiger partial charge in [0.1, 0.15) is 5.75 Å². The third-order valence-electron chi connectivity index (χ3n) is 2.25. The molecular weight excluding hydrogens is 240 g/mol. The van der Waals surface area contributed by atoms with Crippen LogP contribution in [0.1, 0.15) is 10.4 Å². The van der Waals surface area contributed by atoms with E-state index in [4.69, 9.17) is 16.3 Å². The lowest BCUT2D eigenvalue weighted by atomic mass is 10.2. The molecule has 0 saturated heterocycles. The van der Waals surface area contributed by atoms with Gasteiger partial charge < -0.3 is 4.74 Å². The van der Waals surface area contributed by atoms with Gasteiger partial charge in [0.2, 0.25) is 0 Å². The highest BCUT2D eigenvalue weighted by molar-refractivity contribution is 7.09. The molecule has 2 rings (SSSR count). The van der Waals surface area contributed by atoms with E-state index in [1.165, 1.54) is 4.88 Å². The van der Waals surface area contributed by atoms with E-state index in [1.807, 2.05) is 24.3 Å². The summed E-state index contributed by atoms with van der Waals surface area (Å²) in [4.78, 5) is 1.36. The minimum atomic E-state index is 0.530. The molecule has 0 aliphatic carbocycles. The Morgan fingerprint density at radius 1 is 1.19 bits per heavy atom. The van der Waals surface area contributed by atoms with Gasteiger partial charge in [-0.25, -0.2) is 0 Å². The maximum Gasteiger partial charge on any atom is 0.119 e. The standard InChI is InChI=1S/C13H13ClOS/c14-10-11-3-1-4-12(9-11)15-7-6-13-5-2-8-16-13/h1-5,8-9H,6-7,10H2. The van der Waals surface area contributed by atoms with E-state index in [9.17, 15) is 0 Å². The molecule has 0 spiro atoms. The van der Waals surface area contributed by atoms with Crippen molar-refractivity contribution in [2.24, 2.45) is 0 Å². The number of alkyl halides is 1. The first-order valence-electron chi connectivity index (χ1n) is 5.18. The third kappa shape index (κ3) is 3.26. The van der Waals surface area contributed by atoms with Crippen LogP contribution in [0.5, 0.6) is 5.75 Å². The predicted octanol–water partition coefficient (Wildman–Crippen LogP) is 4.11. The van der Waals surface area contributed by atoms with Crippen molar-refractivity contribution in [3.63, 3.8) is 0 Å². The molecular formula is C13H13ClOS. The largest absolute Gasteiger partial charge is 0.493 e. The molecule has 84 valence electrons. The van der Waals surface area contributed by atoms with Crippen molar-refractivity contribution in [2.75, 3.05) is 6.61 Å². The van der Waals surface area contributed by atoms with Gasteiger partial charge in [0.15, 0.2) is 0 Å². The molecule has 0 bridgehead atoms. The molecule has 0 fully saturated rings. The zero-order valence-electron chi connectivity index (χ0n) is 8.86. The molecule has 0 aliphatic heterocycles. The number of benzene rings is 1. The summed E-state index contributed by atoms with van der Waals surface area (Å²) in [6.07, 6.45) is 0.961. The topological polar surface area (TPSA) is 9.23 Å². The first kappa shape index (κ1) is 11.5. The van der Waals surface area contributed by atoms with Gasteiger partial charge in [0.05, 0.1) is 6.61 Å². The summed E-state index contributed by atoms with van der Waals surface area (Å²) in [5.41, 5.74) is 1.09. The zero-order valence-corrected chi connectivity index (χ0v) is 10.4. The SMILES string of the molecule is ClCc1cccc(OCCc2cccs2)c1. The average Bonchev–Trinajstić information content (AvgIpc) is 2.82. The Labute approximate surface area is 105 Å². The van der Waals surface area contributed by atoms with Crippen molar-refractivity contribution in [3.8, 4) is 5.75 Å². The number of thiophene rings is 1. The summed E-state index contributed by atoms with van der Waals surface area (Å²) < 4.78 is 5.67. The third-order valence-corrected chi connectivity index (χ3v) is 3.49. The number of halogens is 1. The Hall–Kier alpha value is -0.990. The molecule has 0 unspecified atom stereocenters. The van der Waals surface area contributed by atoms with Crippen LogP contribution in [0.25, 0.3) is 0 Å². The molecule has 0 aliphatic rings. The van der Waals surface area contributed by atoms with Crippen LogP contribution in [0, 0.1) is 0 Å². The summed E-state index contributed by atoms with van der Waals surface area (Å²) in [6, 6.07) is 12.1. The van der Waals surface area contributed by atoms with Crippen molar-refractivity contribution < 1.29 is 4.74 Å². The number of hydrogen-bond donors (Lipinski definition) is 0. The zero-order chi connectivity index (χ0) is 11.2. The Morgan fingerprint density at radius 2 is 2.12 bits per heavy atom. The molecule has 0 atom stereocenters. The Morgan fingerprint density at radius 3 is 2.88 bits per heavy atom. The van der Waals surface area contributed by atoms with Crippen molar-refractivity contribution in [1.82, 2.24) is 0 Å². The molecule has 0 N–H and O–H groups in total. The fourth-order valence-electron chi connectivity index (χ4n) is 1.44. The maximum absolute atomic E-state index is 5.76. The van der Waals surface area contributed by atoms with Crippen LogP contribution in [0.2, 0.25) is 0 Å². The van der Waals surface area contributed by atoms with Crippen LogP contribution >= 0.6 is 22.9 Å². The maximum atomic E-state index is 5.76. The van der Waals surface area contributed by atoms with Crippen molar-refractivity contribution in [3.05, 3.63) is 52.2 Å². The van der Waals surface area contributed by atoms with Crippen molar-refractivity contribution in [2.45, 2.75) is 12.3 Å². The molecule has 16 heavy (non-hydrogen) atoms. The fourth-order valence-corrected chi connectivity index (χ4v) is 2.30. The monoisotopic (exact) mass is 252 g/mol. The smallest absolute Gasteiger partial charge is 0.119 e. The van der Waals surface area contributed by atoms with Crippen LogP contribution in [0.3, 0.4) is 0 Å². The molecule has 1 heterocycles. The fraction of sp³-hybridized carbons (Fsp3) is 0.231. The highest BCUT2D eigenvalue weighted by Gasteiger charge is 1.97. The van der Waals surface area contributed by atoms with Gasteiger partial charge >= 0.3 is 0 Å². The Bertz CT molecular complexity index is 425. The lowest BCUT2D eigenvalue weighted by Crippen LogP contribution is -2.00. The van der Waals surface area contributed by atoms with Crippen LogP contribution < -0.4 is 4.74 Å². The van der Waals surface area contributed by atoms with E-state index in [-0.39, 0.29) is 0 Å². The Balaban J connectivity index is 1.85. The van der Waals surface area contributed by atoms with E-state index >= 15 is 0 Å². The second kappa shape index (κ2) is 5.92. The molecule has 0 saturated carbocycles. The highest BCUT2D eigenvalue weighted by atomic mass is 35.5. The second-order valence-electron chi connectivity index (χ2n) is 3.46. The molecule has 1 aromatic heterocycles. The van der Waals surface area contributed by atoms with Gasteiger partial charge in [0.25, 0.3) is 0 Å². The lowest BCUT2D eigenvalue weighted by Gasteiger charge is -2.06. The van der Waals surface area contributed by atoms with Crippen LogP contribution in [-0.4, -0.2) is 6.61 Å². The summed E-state index contributed by atoms with van der Waals surface area (Å²) in [6.45, 7) is 0.715. The first-order valence-corrected chi connectivity index (χ1v) is 6.60. The summed E-state index contributed by atoms with van der Waals surface area (Å²) in [5.74, 6) is 1.43. The van der Waals surface area contributed by atoms with Gasteiger partial charge in [0, 0.05) is 17.2 Å². The summed E-state index contributed by atoms with van der Waals surface area (Å²) >= 11 is 7.52. The van der Waals surface area contributed by atoms with Gasteiger partial charge in [-0.1, -0.05) is 18.2 Å². The van der Waals surface area contributed by atoms with Gasteiger partial charge in [-0.05, 0) is 29.1 Å². The van der Waals surface area contributed by atoms with E-state index in [0.717, 1.165) is 17.7 Å². The molecule has 0 amide bonds. The molecule has 2 aromatic rings. The normalized spacial score (nSPS) is 10.3. The molecule has 0 radical (unpaired) electrons. The van der Waals surface area contributed by atoms with Gasteiger partial charge in [-0.15, -0.1) is 22.9 Å². The average molecular weight is 253 g/mol. The van der Waals surface area contributed by atoms with E-state index in [1.54, 1.807) is 11.3 Å². The minimum absolute atomic E-state index is 0.530. The van der Waals surface area contributed by atoms with Crippen molar-refractivity contribution in [1.29, 1.82) is 0 Å². The van der Waals surface area contributed by atoms with Gasteiger partial charge in [-0.2, -0.15) is 0 Å². The van der Waals surface area contributed by atoms with Crippen LogP contribution in [0.4, 0.5) is 0 Å². The number of hydrogen-bond acceptors (Lipinski definition) is 2. The molecule has 1 aromatic carbocycles. The summed E-state index contributed by atoms with van der Waals surface area (Å²) in [5, 5.41) is 2.09. The second-order valence-corrected chi connectivity index (χ2v) is 4.76. The first-order chi connectivity index (χ1) is 7.88. The molecule has 1 nitrogen and oxygen atoms in total. The lowest BCUT2D eigenvalue weighted by molar-refractivity contribution is 0.323. The van der Waals surface area contributed by atoms with E-state index in [0.29, 0.717) is 12.5 Å². The number of ether oxygens (including phenoxy) is 1. The predicted molar refractivity (Wildman–Crippen MR) is 69.5 cm³/mol. The van der Waals surface area contributed by atoms with E-state index < -0.39 is 0 Å².